The Hall–Kier alpha value is 0.710. The average molecular weight is 229 g/mol. The smallest absolute Gasteiger partial charge is 0.549 e. The maximum absolute atomic E-state index is 10.1. The number of rotatable bonds is 4. The van der Waals surface area contributed by atoms with Crippen LogP contribution < -0.4 is 34.7 Å². The second-order valence-electron chi connectivity index (χ2n) is 2.10. The number of carbonyl (C=O) groups excluding carboxylic acids is 1. The van der Waals surface area contributed by atoms with Gasteiger partial charge in [0.2, 0.25) is 0 Å². The van der Waals surface area contributed by atoms with Gasteiger partial charge in [-0.2, -0.15) is 0 Å². The third-order valence-electron chi connectivity index (χ3n) is 1.34. The zero-order valence-corrected chi connectivity index (χ0v) is 11.8. The van der Waals surface area contributed by atoms with E-state index in [1.165, 1.54) is 0 Å². The van der Waals surface area contributed by atoms with Crippen LogP contribution in [0.3, 0.4) is 0 Å². The first-order valence-corrected chi connectivity index (χ1v) is 5.12. The Morgan fingerprint density at radius 1 is 1.46 bits per heavy atom. The Balaban J connectivity index is 0. The fraction of sp³-hybridized carbons (Fsp3) is 0.714. The molecular weight excluding hydrogens is 217 g/mol. The standard InChI is InChI=1S/C7H13NO2S2.Na/c1-3-8(4-2)7(11)12-5-6(9)10;/h3-5H2,1-2H3,(H,9,10);/q;+1/p-1. The molecule has 0 amide bonds. The molecule has 0 aliphatic carbocycles. The number of thioether (sulfide) groups is 1. The van der Waals surface area contributed by atoms with Gasteiger partial charge >= 0.3 is 29.6 Å². The summed E-state index contributed by atoms with van der Waals surface area (Å²) in [4.78, 5) is 12.0. The maximum atomic E-state index is 10.1. The molecule has 0 aromatic carbocycles. The molecule has 0 fully saturated rings. The first kappa shape index (κ1) is 16.2. The van der Waals surface area contributed by atoms with Crippen molar-refractivity contribution < 1.29 is 39.5 Å². The van der Waals surface area contributed by atoms with Crippen LogP contribution in [0.15, 0.2) is 0 Å². The van der Waals surface area contributed by atoms with Gasteiger partial charge < -0.3 is 14.8 Å². The summed E-state index contributed by atoms with van der Waals surface area (Å²) in [5.74, 6) is -1.13. The molecule has 0 spiro atoms. The largest absolute Gasteiger partial charge is 1.00 e. The van der Waals surface area contributed by atoms with Gasteiger partial charge in [0, 0.05) is 18.8 Å². The summed E-state index contributed by atoms with van der Waals surface area (Å²) in [7, 11) is 0. The molecule has 0 unspecified atom stereocenters. The number of carbonyl (C=O) groups is 1. The molecule has 13 heavy (non-hydrogen) atoms. The second kappa shape index (κ2) is 9.27. The van der Waals surface area contributed by atoms with Gasteiger partial charge in [0.25, 0.3) is 0 Å². The molecular formula is C7H12NNaO2S2. The van der Waals surface area contributed by atoms with Crippen LogP contribution in [-0.4, -0.2) is 34.0 Å². The number of aliphatic carboxylic acids is 1. The minimum absolute atomic E-state index is 0. The van der Waals surface area contributed by atoms with Crippen molar-refractivity contribution in [3.8, 4) is 0 Å². The van der Waals surface area contributed by atoms with Crippen molar-refractivity contribution in [3.63, 3.8) is 0 Å². The minimum Gasteiger partial charge on any atom is -0.549 e. The molecule has 0 saturated carbocycles. The molecule has 0 aromatic rings. The number of carboxylic acid groups (broad SMARTS) is 1. The predicted molar refractivity (Wildman–Crippen MR) is 53.0 cm³/mol. The van der Waals surface area contributed by atoms with Crippen LogP contribution in [0.1, 0.15) is 13.8 Å². The Kier molecular flexibility index (Phi) is 11.5. The monoisotopic (exact) mass is 229 g/mol. The van der Waals surface area contributed by atoms with Crippen LogP contribution in [0.4, 0.5) is 0 Å². The van der Waals surface area contributed by atoms with Crippen molar-refractivity contribution in [3.05, 3.63) is 0 Å². The van der Waals surface area contributed by atoms with E-state index >= 15 is 0 Å². The van der Waals surface area contributed by atoms with E-state index in [0.717, 1.165) is 24.9 Å². The summed E-state index contributed by atoms with van der Waals surface area (Å²) >= 11 is 6.13. The number of nitrogens with zero attached hydrogens (tertiary/aromatic N) is 1. The summed E-state index contributed by atoms with van der Waals surface area (Å²) in [6, 6.07) is 0. The molecule has 0 saturated heterocycles. The van der Waals surface area contributed by atoms with Crippen LogP contribution in [0, 0.1) is 0 Å². The average Bonchev–Trinajstić information content (AvgIpc) is 2.03. The van der Waals surface area contributed by atoms with E-state index < -0.39 is 5.97 Å². The molecule has 0 aliphatic rings. The van der Waals surface area contributed by atoms with E-state index in [9.17, 15) is 9.90 Å². The molecule has 0 aromatic heterocycles. The molecule has 0 N–H and O–H groups in total. The summed E-state index contributed by atoms with van der Waals surface area (Å²) in [6.45, 7) is 5.59. The first-order valence-electron chi connectivity index (χ1n) is 3.73. The molecule has 6 heteroatoms. The van der Waals surface area contributed by atoms with Gasteiger partial charge in [0.05, 0.1) is 5.97 Å². The van der Waals surface area contributed by atoms with Crippen LogP contribution >= 0.6 is 24.0 Å². The third-order valence-corrected chi connectivity index (χ3v) is 2.83. The number of thiocarbonyl (C=S) groups is 1. The number of carboxylic acids is 1. The van der Waals surface area contributed by atoms with Crippen molar-refractivity contribution >= 4 is 34.3 Å². The second-order valence-corrected chi connectivity index (χ2v) is 3.71. The summed E-state index contributed by atoms with van der Waals surface area (Å²) in [6.07, 6.45) is 0. The molecule has 3 nitrogen and oxygen atoms in total. The molecule has 0 rings (SSSR count). The fourth-order valence-corrected chi connectivity index (χ4v) is 1.81. The molecule has 0 heterocycles. The minimum atomic E-state index is -1.07. The molecule has 0 aliphatic heterocycles. The topological polar surface area (TPSA) is 43.4 Å². The first-order chi connectivity index (χ1) is 5.61. The van der Waals surface area contributed by atoms with E-state index in [2.05, 4.69) is 0 Å². The van der Waals surface area contributed by atoms with Gasteiger partial charge in [-0.1, -0.05) is 24.0 Å². The predicted octanol–water partition coefficient (Wildman–Crippen LogP) is -2.90. The molecule has 0 atom stereocenters. The van der Waals surface area contributed by atoms with E-state index in [0.29, 0.717) is 4.32 Å². The summed E-state index contributed by atoms with van der Waals surface area (Å²) in [5.41, 5.74) is 0. The number of hydrogen-bond acceptors (Lipinski definition) is 4. The van der Waals surface area contributed by atoms with Crippen LogP contribution in [0.5, 0.6) is 0 Å². The van der Waals surface area contributed by atoms with Crippen LogP contribution in [0.25, 0.3) is 0 Å². The van der Waals surface area contributed by atoms with E-state index in [-0.39, 0.29) is 35.3 Å². The van der Waals surface area contributed by atoms with E-state index in [1.54, 1.807) is 0 Å². The van der Waals surface area contributed by atoms with Crippen LogP contribution in [0.2, 0.25) is 0 Å². The molecule has 70 valence electrons. The normalized spacial score (nSPS) is 8.77. The summed E-state index contributed by atoms with van der Waals surface area (Å²) in [5, 5.41) is 10.1. The van der Waals surface area contributed by atoms with Gasteiger partial charge in [-0.15, -0.1) is 0 Å². The van der Waals surface area contributed by atoms with Gasteiger partial charge in [-0.3, -0.25) is 0 Å². The van der Waals surface area contributed by atoms with E-state index in [4.69, 9.17) is 12.2 Å². The van der Waals surface area contributed by atoms with Crippen molar-refractivity contribution in [1.82, 2.24) is 4.90 Å². The Labute approximate surface area is 111 Å². The SMILES string of the molecule is CCN(CC)C(=S)SCC(=O)[O-].[Na+]. The maximum Gasteiger partial charge on any atom is 1.00 e. The van der Waals surface area contributed by atoms with Crippen molar-refractivity contribution in [2.45, 2.75) is 13.8 Å². The third kappa shape index (κ3) is 7.76. The zero-order chi connectivity index (χ0) is 9.56. The van der Waals surface area contributed by atoms with Gasteiger partial charge in [-0.25, -0.2) is 0 Å². The molecule has 0 radical (unpaired) electrons. The van der Waals surface area contributed by atoms with Gasteiger partial charge in [0.15, 0.2) is 0 Å². The van der Waals surface area contributed by atoms with Crippen molar-refractivity contribution in [1.29, 1.82) is 0 Å². The quantitative estimate of drug-likeness (QED) is 0.382. The van der Waals surface area contributed by atoms with E-state index in [1.807, 2.05) is 18.7 Å². The van der Waals surface area contributed by atoms with Crippen LogP contribution in [-0.2, 0) is 4.79 Å². The van der Waals surface area contributed by atoms with Gasteiger partial charge in [0.1, 0.15) is 4.32 Å². The van der Waals surface area contributed by atoms with Crippen molar-refractivity contribution in [2.24, 2.45) is 0 Å². The Morgan fingerprint density at radius 3 is 2.23 bits per heavy atom. The van der Waals surface area contributed by atoms with Crippen molar-refractivity contribution in [2.75, 3.05) is 18.8 Å². The Morgan fingerprint density at radius 2 is 1.92 bits per heavy atom. The van der Waals surface area contributed by atoms with Gasteiger partial charge in [-0.05, 0) is 13.8 Å². The Bertz CT molecular complexity index is 174. The zero-order valence-electron chi connectivity index (χ0n) is 8.20. The number of hydrogen-bond donors (Lipinski definition) is 0. The summed E-state index contributed by atoms with van der Waals surface area (Å²) < 4.78 is 0.629. The fourth-order valence-electron chi connectivity index (χ4n) is 0.694. The molecule has 0 bridgehead atoms.